The van der Waals surface area contributed by atoms with Crippen molar-refractivity contribution in [1.29, 1.82) is 0 Å². The van der Waals surface area contributed by atoms with Gasteiger partial charge in [-0.25, -0.2) is 0 Å². The molecule has 4 rings (SSSR count). The number of nitrogens with one attached hydrogen (secondary N) is 2. The Morgan fingerprint density at radius 2 is 1.81 bits per heavy atom. The van der Waals surface area contributed by atoms with Gasteiger partial charge in [0.25, 0.3) is 5.91 Å². The summed E-state index contributed by atoms with van der Waals surface area (Å²) in [5.74, 6) is 2.04. The van der Waals surface area contributed by atoms with Crippen molar-refractivity contribution in [1.82, 2.24) is 20.1 Å². The summed E-state index contributed by atoms with van der Waals surface area (Å²) in [5, 5.41) is 15.5. The van der Waals surface area contributed by atoms with Gasteiger partial charge in [0.05, 0.1) is 11.8 Å². The number of aromatic nitrogens is 3. The first kappa shape index (κ1) is 26.5. The zero-order valence-electron chi connectivity index (χ0n) is 21.8. The molecule has 2 N–H and O–H groups in total. The number of anilines is 1. The lowest BCUT2D eigenvalue weighted by Gasteiger charge is -2.22. The highest BCUT2D eigenvalue weighted by molar-refractivity contribution is 7.99. The molecule has 196 valence electrons. The van der Waals surface area contributed by atoms with Gasteiger partial charge in [-0.2, -0.15) is 0 Å². The van der Waals surface area contributed by atoms with Gasteiger partial charge in [0.1, 0.15) is 0 Å². The SMILES string of the molecule is CCn1c(SCC(=O)Nc2ccccc2C(C)C)nnc1C(NC(=O)c1ccc2c(c1)OCO2)C(C)C. The fourth-order valence-electron chi connectivity index (χ4n) is 4.16. The molecule has 0 aliphatic carbocycles. The predicted octanol–water partition coefficient (Wildman–Crippen LogP) is 5.01. The number of ether oxygens (including phenoxy) is 2. The van der Waals surface area contributed by atoms with E-state index in [2.05, 4.69) is 34.7 Å². The van der Waals surface area contributed by atoms with Crippen molar-refractivity contribution in [2.24, 2.45) is 5.92 Å². The molecule has 9 nitrogen and oxygen atoms in total. The van der Waals surface area contributed by atoms with Crippen LogP contribution < -0.4 is 20.1 Å². The number of hydrogen-bond acceptors (Lipinski definition) is 7. The van der Waals surface area contributed by atoms with Crippen molar-refractivity contribution < 1.29 is 19.1 Å². The zero-order chi connectivity index (χ0) is 26.5. The molecule has 1 atom stereocenters. The molecule has 1 unspecified atom stereocenters. The van der Waals surface area contributed by atoms with E-state index in [1.807, 2.05) is 49.6 Å². The Bertz CT molecular complexity index is 1270. The van der Waals surface area contributed by atoms with Crippen LogP contribution in [0.25, 0.3) is 0 Å². The van der Waals surface area contributed by atoms with Gasteiger partial charge < -0.3 is 24.7 Å². The maximum absolute atomic E-state index is 13.1. The standard InChI is InChI=1S/C27H33N5O4S/c1-6-32-25(24(17(4)5)29-26(34)18-11-12-21-22(13-18)36-15-35-21)30-31-27(32)37-14-23(33)28-20-10-8-7-9-19(20)16(2)3/h7-13,16-17,24H,6,14-15H2,1-5H3,(H,28,33)(H,29,34). The Hall–Kier alpha value is -3.53. The second-order valence-electron chi connectivity index (χ2n) is 9.43. The van der Waals surface area contributed by atoms with Crippen LogP contribution in [0.1, 0.15) is 68.3 Å². The van der Waals surface area contributed by atoms with E-state index in [1.165, 1.54) is 11.8 Å². The smallest absolute Gasteiger partial charge is 0.252 e. The fourth-order valence-corrected chi connectivity index (χ4v) is 4.97. The number of carbonyl (C=O) groups excluding carboxylic acids is 2. The zero-order valence-corrected chi connectivity index (χ0v) is 22.6. The Morgan fingerprint density at radius 3 is 2.54 bits per heavy atom. The van der Waals surface area contributed by atoms with E-state index in [4.69, 9.17) is 9.47 Å². The largest absolute Gasteiger partial charge is 0.454 e. The van der Waals surface area contributed by atoms with Gasteiger partial charge >= 0.3 is 0 Å². The number of thioether (sulfide) groups is 1. The van der Waals surface area contributed by atoms with Gasteiger partial charge in [-0.1, -0.05) is 57.7 Å². The Balaban J connectivity index is 1.45. The minimum Gasteiger partial charge on any atom is -0.454 e. The van der Waals surface area contributed by atoms with Crippen LogP contribution in [0.5, 0.6) is 11.5 Å². The van der Waals surface area contributed by atoms with Crippen molar-refractivity contribution in [3.8, 4) is 11.5 Å². The summed E-state index contributed by atoms with van der Waals surface area (Å²) in [6.07, 6.45) is 0. The number of carbonyl (C=O) groups is 2. The second-order valence-corrected chi connectivity index (χ2v) is 10.4. The molecule has 1 aliphatic rings. The molecule has 0 fully saturated rings. The highest BCUT2D eigenvalue weighted by atomic mass is 32.2. The van der Waals surface area contributed by atoms with Crippen molar-refractivity contribution in [2.75, 3.05) is 17.9 Å². The maximum Gasteiger partial charge on any atom is 0.252 e. The fraction of sp³-hybridized carbons (Fsp3) is 0.407. The molecule has 1 aliphatic heterocycles. The van der Waals surface area contributed by atoms with E-state index >= 15 is 0 Å². The number of benzene rings is 2. The van der Waals surface area contributed by atoms with Gasteiger partial charge in [-0.3, -0.25) is 9.59 Å². The normalized spacial score (nSPS) is 13.2. The van der Waals surface area contributed by atoms with Gasteiger partial charge in [0.2, 0.25) is 12.7 Å². The predicted molar refractivity (Wildman–Crippen MR) is 143 cm³/mol. The average molecular weight is 524 g/mol. The second kappa shape index (κ2) is 11.7. The molecule has 2 aromatic carbocycles. The van der Waals surface area contributed by atoms with Crippen LogP contribution in [0, 0.1) is 5.92 Å². The Kier molecular flexibility index (Phi) is 8.38. The number of amides is 2. The maximum atomic E-state index is 13.1. The van der Waals surface area contributed by atoms with Crippen LogP contribution in [0.4, 0.5) is 5.69 Å². The third-order valence-corrected chi connectivity index (χ3v) is 7.08. The van der Waals surface area contributed by atoms with Gasteiger partial charge in [0.15, 0.2) is 22.5 Å². The van der Waals surface area contributed by atoms with E-state index in [1.54, 1.807) is 18.2 Å². The number of para-hydroxylation sites is 1. The number of rotatable bonds is 10. The number of fused-ring (bicyclic) bond motifs is 1. The van der Waals surface area contributed by atoms with Crippen LogP contribution in [-0.4, -0.2) is 39.1 Å². The molecule has 2 amide bonds. The summed E-state index contributed by atoms with van der Waals surface area (Å²) in [6, 6.07) is 12.6. The molecule has 0 saturated carbocycles. The lowest BCUT2D eigenvalue weighted by molar-refractivity contribution is -0.113. The summed E-state index contributed by atoms with van der Waals surface area (Å²) in [6.45, 7) is 11.0. The first-order valence-electron chi connectivity index (χ1n) is 12.4. The van der Waals surface area contributed by atoms with Crippen molar-refractivity contribution >= 4 is 29.3 Å². The van der Waals surface area contributed by atoms with Crippen LogP contribution in [-0.2, 0) is 11.3 Å². The molecule has 0 spiro atoms. The topological polar surface area (TPSA) is 107 Å². The highest BCUT2D eigenvalue weighted by Gasteiger charge is 2.27. The molecule has 0 saturated heterocycles. The first-order chi connectivity index (χ1) is 17.8. The van der Waals surface area contributed by atoms with Gasteiger partial charge in [0, 0.05) is 17.8 Å². The number of hydrogen-bond donors (Lipinski definition) is 2. The molecule has 2 heterocycles. The van der Waals surface area contributed by atoms with E-state index in [0.29, 0.717) is 40.5 Å². The van der Waals surface area contributed by atoms with Crippen LogP contribution >= 0.6 is 11.8 Å². The van der Waals surface area contributed by atoms with E-state index in [0.717, 1.165) is 11.3 Å². The molecule has 1 aromatic heterocycles. The molecule has 3 aromatic rings. The van der Waals surface area contributed by atoms with E-state index < -0.39 is 0 Å². The molecule has 37 heavy (non-hydrogen) atoms. The molecule has 0 bridgehead atoms. The summed E-state index contributed by atoms with van der Waals surface area (Å²) in [5.41, 5.74) is 2.40. The molecular weight excluding hydrogens is 490 g/mol. The van der Waals surface area contributed by atoms with Crippen molar-refractivity contribution in [3.05, 3.63) is 59.4 Å². The summed E-state index contributed by atoms with van der Waals surface area (Å²) in [7, 11) is 0. The molecular formula is C27H33N5O4S. The Labute approximate surface area is 221 Å². The summed E-state index contributed by atoms with van der Waals surface area (Å²) < 4.78 is 12.7. The van der Waals surface area contributed by atoms with Crippen molar-refractivity contribution in [2.45, 2.75) is 58.3 Å². The highest BCUT2D eigenvalue weighted by Crippen LogP contribution is 2.33. The third-order valence-electron chi connectivity index (χ3n) is 6.12. The average Bonchev–Trinajstić information content (AvgIpc) is 3.51. The third kappa shape index (κ3) is 6.07. The summed E-state index contributed by atoms with van der Waals surface area (Å²) >= 11 is 1.33. The Morgan fingerprint density at radius 1 is 1.05 bits per heavy atom. The first-order valence-corrected chi connectivity index (χ1v) is 13.4. The van der Waals surface area contributed by atoms with Crippen LogP contribution in [0.3, 0.4) is 0 Å². The van der Waals surface area contributed by atoms with E-state index in [-0.39, 0.29) is 36.3 Å². The minimum absolute atomic E-state index is 0.0566. The van der Waals surface area contributed by atoms with Gasteiger partial charge in [-0.15, -0.1) is 10.2 Å². The van der Waals surface area contributed by atoms with E-state index in [9.17, 15) is 9.59 Å². The monoisotopic (exact) mass is 523 g/mol. The lowest BCUT2D eigenvalue weighted by atomic mass is 10.0. The van der Waals surface area contributed by atoms with Crippen molar-refractivity contribution in [3.63, 3.8) is 0 Å². The summed E-state index contributed by atoms with van der Waals surface area (Å²) in [4.78, 5) is 25.8. The molecule has 10 heteroatoms. The molecule has 0 radical (unpaired) electrons. The van der Waals surface area contributed by atoms with Crippen LogP contribution in [0.15, 0.2) is 47.6 Å². The number of nitrogens with zero attached hydrogens (tertiary/aromatic N) is 3. The van der Waals surface area contributed by atoms with Crippen LogP contribution in [0.2, 0.25) is 0 Å². The minimum atomic E-state index is -0.369. The lowest BCUT2D eigenvalue weighted by Crippen LogP contribution is -2.33. The van der Waals surface area contributed by atoms with Gasteiger partial charge in [-0.05, 0) is 48.6 Å². The quantitative estimate of drug-likeness (QED) is 0.360.